The van der Waals surface area contributed by atoms with Crippen molar-refractivity contribution in [1.29, 1.82) is 0 Å². The Morgan fingerprint density at radius 2 is 1.88 bits per heavy atom. The second kappa shape index (κ2) is 7.37. The van der Waals surface area contributed by atoms with E-state index in [1.807, 2.05) is 6.92 Å². The smallest absolute Gasteiger partial charge is 0.356 e. The predicted octanol–water partition coefficient (Wildman–Crippen LogP) is 0.898. The Morgan fingerprint density at radius 1 is 1.21 bits per heavy atom. The molecule has 8 nitrogen and oxygen atoms in total. The molecule has 0 saturated carbocycles. The largest absolute Gasteiger partial charge is 0.476 e. The van der Waals surface area contributed by atoms with Crippen LogP contribution >= 0.6 is 0 Å². The lowest BCUT2D eigenvalue weighted by Gasteiger charge is -2.18. The molecule has 1 heterocycles. The average Bonchev–Trinajstić information content (AvgIpc) is 2.55. The van der Waals surface area contributed by atoms with Gasteiger partial charge in [0, 0.05) is 20.1 Å². The number of benzene rings is 1. The first-order valence-electron chi connectivity index (χ1n) is 7.12. The highest BCUT2D eigenvalue weighted by atomic mass is 32.2. The van der Waals surface area contributed by atoms with E-state index in [-0.39, 0.29) is 17.1 Å². The minimum absolute atomic E-state index is 0.146. The summed E-state index contributed by atoms with van der Waals surface area (Å²) in [5.41, 5.74) is 0.837. The van der Waals surface area contributed by atoms with Gasteiger partial charge in [-0.25, -0.2) is 27.9 Å². The van der Waals surface area contributed by atoms with Crippen LogP contribution < -0.4 is 9.62 Å². The first-order chi connectivity index (χ1) is 11.3. The van der Waals surface area contributed by atoms with Gasteiger partial charge in [0.2, 0.25) is 10.0 Å². The fraction of sp³-hybridized carbons (Fsp3) is 0.267. The summed E-state index contributed by atoms with van der Waals surface area (Å²) >= 11 is 0. The lowest BCUT2D eigenvalue weighted by Crippen LogP contribution is -2.33. The van der Waals surface area contributed by atoms with E-state index in [0.29, 0.717) is 12.4 Å². The number of carbonyl (C=O) groups is 1. The highest BCUT2D eigenvalue weighted by Crippen LogP contribution is 2.10. The quantitative estimate of drug-likeness (QED) is 0.763. The van der Waals surface area contributed by atoms with Crippen LogP contribution in [0.15, 0.2) is 41.6 Å². The van der Waals surface area contributed by atoms with E-state index in [9.17, 15) is 13.2 Å². The highest BCUT2D eigenvalue weighted by molar-refractivity contribution is 7.89. The zero-order valence-electron chi connectivity index (χ0n) is 13.3. The first kappa shape index (κ1) is 17.8. The van der Waals surface area contributed by atoms with E-state index in [1.54, 1.807) is 36.2 Å². The number of rotatable bonds is 7. The van der Waals surface area contributed by atoms with Gasteiger partial charge in [-0.15, -0.1) is 0 Å². The number of aromatic carboxylic acids is 1. The van der Waals surface area contributed by atoms with Crippen LogP contribution in [-0.2, 0) is 10.0 Å². The fourth-order valence-electron chi connectivity index (χ4n) is 1.89. The molecule has 0 aliphatic carbocycles. The molecule has 1 aromatic heterocycles. The second-order valence-electron chi connectivity index (χ2n) is 5.20. The number of aromatic nitrogens is 2. The number of hydrogen-bond acceptors (Lipinski definition) is 6. The van der Waals surface area contributed by atoms with E-state index in [1.165, 1.54) is 6.20 Å². The number of sulfonamides is 1. The van der Waals surface area contributed by atoms with Gasteiger partial charge in [-0.2, -0.15) is 0 Å². The standard InChI is InChI=1S/C15H18N4O4S/c1-11-3-5-12(6-4-11)24(22,23)18-7-8-19(2)14-10-16-13(9-17-14)15(20)21/h3-6,9-10,18H,7-8H2,1-2H3,(H,20,21). The number of carboxylic acids is 1. The monoisotopic (exact) mass is 350 g/mol. The van der Waals surface area contributed by atoms with Crippen LogP contribution in [0, 0.1) is 6.92 Å². The lowest BCUT2D eigenvalue weighted by molar-refractivity contribution is 0.0690. The summed E-state index contributed by atoms with van der Waals surface area (Å²) in [7, 11) is -1.85. The maximum Gasteiger partial charge on any atom is 0.356 e. The number of nitrogens with one attached hydrogen (secondary N) is 1. The summed E-state index contributed by atoms with van der Waals surface area (Å²) in [4.78, 5) is 20.4. The van der Waals surface area contributed by atoms with Gasteiger partial charge in [-0.05, 0) is 19.1 Å². The molecule has 2 rings (SSSR count). The molecule has 0 radical (unpaired) electrons. The number of hydrogen-bond donors (Lipinski definition) is 2. The maximum absolute atomic E-state index is 12.2. The van der Waals surface area contributed by atoms with Gasteiger partial charge in [-0.3, -0.25) is 0 Å². The van der Waals surface area contributed by atoms with Crippen molar-refractivity contribution in [1.82, 2.24) is 14.7 Å². The number of likely N-dealkylation sites (N-methyl/N-ethyl adjacent to an activating group) is 1. The molecule has 1 aromatic carbocycles. The van der Waals surface area contributed by atoms with Crippen LogP contribution in [0.1, 0.15) is 16.1 Å². The van der Waals surface area contributed by atoms with Crippen LogP contribution in [0.2, 0.25) is 0 Å². The first-order valence-corrected chi connectivity index (χ1v) is 8.61. The number of aryl methyl sites for hydroxylation is 1. The lowest BCUT2D eigenvalue weighted by atomic mass is 10.2. The third-order valence-corrected chi connectivity index (χ3v) is 4.80. The summed E-state index contributed by atoms with van der Waals surface area (Å²) in [5, 5.41) is 8.78. The molecule has 2 aromatic rings. The summed E-state index contributed by atoms with van der Waals surface area (Å²) in [6, 6.07) is 6.58. The Bertz CT molecular complexity index is 804. The molecule has 0 atom stereocenters. The zero-order valence-corrected chi connectivity index (χ0v) is 14.1. The van der Waals surface area contributed by atoms with Gasteiger partial charge < -0.3 is 10.0 Å². The highest BCUT2D eigenvalue weighted by Gasteiger charge is 2.14. The molecule has 24 heavy (non-hydrogen) atoms. The molecule has 2 N–H and O–H groups in total. The summed E-state index contributed by atoms with van der Waals surface area (Å²) in [5.74, 6) is -0.697. The van der Waals surface area contributed by atoms with E-state index in [4.69, 9.17) is 5.11 Å². The number of anilines is 1. The number of carboxylic acid groups (broad SMARTS) is 1. The molecule has 0 bridgehead atoms. The molecule has 0 spiro atoms. The van der Waals surface area contributed by atoms with Crippen molar-refractivity contribution in [3.8, 4) is 0 Å². The van der Waals surface area contributed by atoms with E-state index < -0.39 is 16.0 Å². The molecule has 0 saturated heterocycles. The predicted molar refractivity (Wildman–Crippen MR) is 88.6 cm³/mol. The number of nitrogens with zero attached hydrogens (tertiary/aromatic N) is 3. The second-order valence-corrected chi connectivity index (χ2v) is 6.96. The molecule has 128 valence electrons. The van der Waals surface area contributed by atoms with Gasteiger partial charge in [0.25, 0.3) is 0 Å². The van der Waals surface area contributed by atoms with Gasteiger partial charge in [-0.1, -0.05) is 17.7 Å². The fourth-order valence-corrected chi connectivity index (χ4v) is 2.91. The zero-order chi connectivity index (χ0) is 17.7. The molecule has 0 fully saturated rings. The SMILES string of the molecule is Cc1ccc(S(=O)(=O)NCCN(C)c2cnc(C(=O)O)cn2)cc1. The van der Waals surface area contributed by atoms with E-state index >= 15 is 0 Å². The molecular formula is C15H18N4O4S. The van der Waals surface area contributed by atoms with Crippen molar-refractivity contribution in [3.63, 3.8) is 0 Å². The molecular weight excluding hydrogens is 332 g/mol. The Kier molecular flexibility index (Phi) is 5.47. The maximum atomic E-state index is 12.2. The van der Waals surface area contributed by atoms with Crippen LogP contribution in [0.5, 0.6) is 0 Å². The van der Waals surface area contributed by atoms with Gasteiger partial charge >= 0.3 is 5.97 Å². The third kappa shape index (κ3) is 4.49. The van der Waals surface area contributed by atoms with Crippen molar-refractivity contribution in [2.45, 2.75) is 11.8 Å². The Morgan fingerprint density at radius 3 is 2.42 bits per heavy atom. The molecule has 0 unspecified atom stereocenters. The van der Waals surface area contributed by atoms with Crippen LogP contribution in [0.3, 0.4) is 0 Å². The van der Waals surface area contributed by atoms with Crippen molar-refractivity contribution in [2.24, 2.45) is 0 Å². The van der Waals surface area contributed by atoms with Crippen molar-refractivity contribution >= 4 is 21.8 Å². The Hall–Kier alpha value is -2.52. The molecule has 0 amide bonds. The van der Waals surface area contributed by atoms with E-state index in [2.05, 4.69) is 14.7 Å². The van der Waals surface area contributed by atoms with Crippen LogP contribution in [0.4, 0.5) is 5.82 Å². The van der Waals surface area contributed by atoms with E-state index in [0.717, 1.165) is 11.8 Å². The molecule has 0 aliphatic rings. The Balaban J connectivity index is 1.93. The third-order valence-electron chi connectivity index (χ3n) is 3.32. The van der Waals surface area contributed by atoms with Crippen LogP contribution in [-0.4, -0.2) is 49.6 Å². The minimum Gasteiger partial charge on any atom is -0.476 e. The van der Waals surface area contributed by atoms with Gasteiger partial charge in [0.1, 0.15) is 5.82 Å². The summed E-state index contributed by atoms with van der Waals surface area (Å²) in [6.45, 7) is 2.41. The Labute approximate surface area is 140 Å². The normalized spacial score (nSPS) is 11.2. The van der Waals surface area contributed by atoms with Gasteiger partial charge in [0.05, 0.1) is 17.3 Å². The van der Waals surface area contributed by atoms with Gasteiger partial charge in [0.15, 0.2) is 5.69 Å². The molecule has 0 aliphatic heterocycles. The van der Waals surface area contributed by atoms with Crippen molar-refractivity contribution in [3.05, 3.63) is 47.9 Å². The summed E-state index contributed by atoms with van der Waals surface area (Å²) in [6.07, 6.45) is 2.49. The van der Waals surface area contributed by atoms with Crippen LogP contribution in [0.25, 0.3) is 0 Å². The van der Waals surface area contributed by atoms with Crippen molar-refractivity contribution in [2.75, 3.05) is 25.0 Å². The molecule has 9 heteroatoms. The van der Waals surface area contributed by atoms with Crippen molar-refractivity contribution < 1.29 is 18.3 Å². The average molecular weight is 350 g/mol. The minimum atomic E-state index is -3.56. The summed E-state index contributed by atoms with van der Waals surface area (Å²) < 4.78 is 26.8. The topological polar surface area (TPSA) is 112 Å².